The third-order valence-electron chi connectivity index (χ3n) is 4.44. The number of aryl methyl sites for hydroxylation is 2. The van der Waals surface area contributed by atoms with Crippen LogP contribution < -0.4 is 10.4 Å². The molecule has 1 fully saturated rings. The molecule has 1 aromatic carbocycles. The maximum Gasteiger partial charge on any atom is 0.336 e. The summed E-state index contributed by atoms with van der Waals surface area (Å²) in [6.45, 7) is 8.67. The number of nitrogens with zero attached hydrogens (tertiary/aromatic N) is 1. The lowest BCUT2D eigenvalue weighted by Crippen LogP contribution is -2.49. The van der Waals surface area contributed by atoms with Gasteiger partial charge in [-0.15, -0.1) is 0 Å². The molecule has 3 rings (SSSR count). The smallest absolute Gasteiger partial charge is 0.336 e. The number of amides is 1. The molecule has 0 bridgehead atoms. The number of carbonyl (C=O) groups is 1. The number of hydrogen-bond acceptors (Lipinski definition) is 5. The first kappa shape index (κ1) is 17.5. The van der Waals surface area contributed by atoms with Crippen LogP contribution in [0.3, 0.4) is 0 Å². The van der Waals surface area contributed by atoms with E-state index < -0.39 is 5.63 Å². The third kappa shape index (κ3) is 3.69. The predicted molar refractivity (Wildman–Crippen MR) is 94.0 cm³/mol. The van der Waals surface area contributed by atoms with Gasteiger partial charge >= 0.3 is 5.63 Å². The summed E-state index contributed by atoms with van der Waals surface area (Å²) in [6.07, 6.45) is 0.0414. The van der Waals surface area contributed by atoms with Crippen LogP contribution in [0.25, 0.3) is 11.0 Å². The van der Waals surface area contributed by atoms with Gasteiger partial charge in [0.25, 0.3) is 5.91 Å². The second-order valence-electron chi connectivity index (χ2n) is 6.66. The molecule has 134 valence electrons. The number of carbonyl (C=O) groups excluding carboxylic acids is 1. The van der Waals surface area contributed by atoms with Crippen molar-refractivity contribution in [1.82, 2.24) is 4.90 Å². The van der Waals surface area contributed by atoms with Gasteiger partial charge in [-0.1, -0.05) is 0 Å². The summed E-state index contributed by atoms with van der Waals surface area (Å²) in [7, 11) is 0. The van der Waals surface area contributed by atoms with Gasteiger partial charge in [0.15, 0.2) is 6.61 Å². The van der Waals surface area contributed by atoms with Crippen LogP contribution >= 0.6 is 0 Å². The quantitative estimate of drug-likeness (QED) is 0.799. The standard InChI is InChI=1S/C19H23NO5/c1-11-7-18(22)25-19-14(4)16(6-5-15(11)19)23-10-17(21)20-8-12(2)24-13(3)9-20/h5-7,12-13H,8-10H2,1-4H3/t12-,13-/m0/s1. The minimum atomic E-state index is -0.391. The number of fused-ring (bicyclic) bond motifs is 1. The van der Waals surface area contributed by atoms with Crippen molar-refractivity contribution in [3.05, 3.63) is 39.7 Å². The van der Waals surface area contributed by atoms with E-state index in [1.807, 2.05) is 39.8 Å². The summed E-state index contributed by atoms with van der Waals surface area (Å²) in [4.78, 5) is 25.8. The highest BCUT2D eigenvalue weighted by molar-refractivity contribution is 5.85. The van der Waals surface area contributed by atoms with Gasteiger partial charge < -0.3 is 18.8 Å². The Balaban J connectivity index is 1.76. The Morgan fingerprint density at radius 1 is 1.24 bits per heavy atom. The molecule has 2 aromatic rings. The average molecular weight is 345 g/mol. The van der Waals surface area contributed by atoms with Crippen molar-refractivity contribution in [3.63, 3.8) is 0 Å². The zero-order valence-corrected chi connectivity index (χ0v) is 15.0. The van der Waals surface area contributed by atoms with Crippen LogP contribution in [-0.2, 0) is 9.53 Å². The largest absolute Gasteiger partial charge is 0.483 e. The number of ether oxygens (including phenoxy) is 2. The van der Waals surface area contributed by atoms with Crippen LogP contribution in [0.1, 0.15) is 25.0 Å². The SMILES string of the molecule is Cc1cc(=O)oc2c(C)c(OCC(=O)N3C[C@H](C)O[C@@H](C)C3)ccc12. The summed E-state index contributed by atoms with van der Waals surface area (Å²) < 4.78 is 16.7. The van der Waals surface area contributed by atoms with Crippen molar-refractivity contribution >= 4 is 16.9 Å². The number of hydrogen-bond donors (Lipinski definition) is 0. The van der Waals surface area contributed by atoms with Gasteiger partial charge in [-0.2, -0.15) is 0 Å². The highest BCUT2D eigenvalue weighted by Gasteiger charge is 2.26. The maximum atomic E-state index is 12.4. The molecule has 0 N–H and O–H groups in total. The Kier molecular flexibility index (Phi) is 4.81. The van der Waals surface area contributed by atoms with Crippen LogP contribution in [0, 0.1) is 13.8 Å². The van der Waals surface area contributed by atoms with Gasteiger partial charge in [0.2, 0.25) is 0 Å². The van der Waals surface area contributed by atoms with Crippen molar-refractivity contribution in [2.24, 2.45) is 0 Å². The molecule has 2 atom stereocenters. The second kappa shape index (κ2) is 6.88. The number of rotatable bonds is 3. The van der Waals surface area contributed by atoms with E-state index >= 15 is 0 Å². The van der Waals surface area contributed by atoms with Crippen molar-refractivity contribution in [2.75, 3.05) is 19.7 Å². The number of benzene rings is 1. The van der Waals surface area contributed by atoms with E-state index in [9.17, 15) is 9.59 Å². The summed E-state index contributed by atoms with van der Waals surface area (Å²) in [5.41, 5.74) is 1.68. The first-order chi connectivity index (χ1) is 11.8. The molecule has 1 aliphatic rings. The first-order valence-electron chi connectivity index (χ1n) is 8.45. The molecular formula is C19H23NO5. The fraction of sp³-hybridized carbons (Fsp3) is 0.474. The van der Waals surface area contributed by atoms with E-state index in [1.165, 1.54) is 6.07 Å². The van der Waals surface area contributed by atoms with Crippen LogP contribution in [0.5, 0.6) is 5.75 Å². The summed E-state index contributed by atoms with van der Waals surface area (Å²) in [5.74, 6) is 0.469. The summed E-state index contributed by atoms with van der Waals surface area (Å²) in [5, 5.41) is 0.867. The fourth-order valence-electron chi connectivity index (χ4n) is 3.27. The summed E-state index contributed by atoms with van der Waals surface area (Å²) in [6, 6.07) is 5.12. The van der Waals surface area contributed by atoms with E-state index in [4.69, 9.17) is 13.9 Å². The Morgan fingerprint density at radius 2 is 1.92 bits per heavy atom. The van der Waals surface area contributed by atoms with Gasteiger partial charge in [0.1, 0.15) is 11.3 Å². The molecule has 0 saturated carbocycles. The molecule has 1 amide bonds. The maximum absolute atomic E-state index is 12.4. The minimum Gasteiger partial charge on any atom is -0.483 e. The average Bonchev–Trinajstić information content (AvgIpc) is 2.53. The molecule has 6 nitrogen and oxygen atoms in total. The van der Waals surface area contributed by atoms with E-state index in [-0.39, 0.29) is 24.7 Å². The van der Waals surface area contributed by atoms with Gasteiger partial charge in [-0.05, 0) is 45.4 Å². The third-order valence-corrected chi connectivity index (χ3v) is 4.44. The normalized spacial score (nSPS) is 20.7. The van der Waals surface area contributed by atoms with Gasteiger partial charge in [0.05, 0.1) is 12.2 Å². The first-order valence-corrected chi connectivity index (χ1v) is 8.45. The van der Waals surface area contributed by atoms with Crippen molar-refractivity contribution in [1.29, 1.82) is 0 Å². The Bertz CT molecular complexity index is 847. The molecule has 0 radical (unpaired) electrons. The van der Waals surface area contributed by atoms with Crippen LogP contribution in [0.2, 0.25) is 0 Å². The van der Waals surface area contributed by atoms with Gasteiger partial charge in [0, 0.05) is 30.1 Å². The topological polar surface area (TPSA) is 69.0 Å². The summed E-state index contributed by atoms with van der Waals surface area (Å²) >= 11 is 0. The van der Waals surface area contributed by atoms with Crippen molar-refractivity contribution < 1.29 is 18.7 Å². The van der Waals surface area contributed by atoms with Crippen LogP contribution in [-0.4, -0.2) is 42.7 Å². The molecule has 0 unspecified atom stereocenters. The zero-order valence-electron chi connectivity index (χ0n) is 15.0. The Labute approximate surface area is 146 Å². The second-order valence-corrected chi connectivity index (χ2v) is 6.66. The Morgan fingerprint density at radius 3 is 2.60 bits per heavy atom. The van der Waals surface area contributed by atoms with Gasteiger partial charge in [-0.3, -0.25) is 4.79 Å². The lowest BCUT2D eigenvalue weighted by molar-refractivity contribution is -0.145. The molecule has 1 aliphatic heterocycles. The van der Waals surface area contributed by atoms with E-state index in [0.717, 1.165) is 16.5 Å². The molecular weight excluding hydrogens is 322 g/mol. The van der Waals surface area contributed by atoms with Gasteiger partial charge in [-0.25, -0.2) is 4.79 Å². The lowest BCUT2D eigenvalue weighted by Gasteiger charge is -2.35. The predicted octanol–water partition coefficient (Wildman–Crippen LogP) is 2.42. The van der Waals surface area contributed by atoms with Crippen LogP contribution in [0.4, 0.5) is 0 Å². The van der Waals surface area contributed by atoms with E-state index in [1.54, 1.807) is 4.90 Å². The van der Waals surface area contributed by atoms with E-state index in [0.29, 0.717) is 24.4 Å². The van der Waals surface area contributed by atoms with Crippen molar-refractivity contribution in [2.45, 2.75) is 39.9 Å². The fourth-order valence-corrected chi connectivity index (χ4v) is 3.27. The zero-order chi connectivity index (χ0) is 18.1. The minimum absolute atomic E-state index is 0.0207. The molecule has 0 spiro atoms. The van der Waals surface area contributed by atoms with Crippen LogP contribution in [0.15, 0.2) is 27.4 Å². The molecule has 6 heteroatoms. The highest BCUT2D eigenvalue weighted by atomic mass is 16.5. The lowest BCUT2D eigenvalue weighted by atomic mass is 10.1. The monoisotopic (exact) mass is 345 g/mol. The highest BCUT2D eigenvalue weighted by Crippen LogP contribution is 2.28. The molecule has 0 aliphatic carbocycles. The van der Waals surface area contributed by atoms with Crippen molar-refractivity contribution in [3.8, 4) is 5.75 Å². The number of morpholine rings is 1. The molecule has 2 heterocycles. The van der Waals surface area contributed by atoms with E-state index in [2.05, 4.69) is 0 Å². The molecule has 25 heavy (non-hydrogen) atoms. The Hall–Kier alpha value is -2.34. The molecule has 1 aromatic heterocycles. The molecule has 1 saturated heterocycles.